The minimum absolute atomic E-state index is 0.0254. The van der Waals surface area contributed by atoms with Crippen LogP contribution in [-0.4, -0.2) is 64.7 Å². The van der Waals surface area contributed by atoms with Crippen LogP contribution in [0, 0.1) is 17.8 Å². The molecule has 2 saturated heterocycles. The monoisotopic (exact) mass is 610 g/mol. The van der Waals surface area contributed by atoms with Crippen molar-refractivity contribution in [1.29, 1.82) is 0 Å². The molecule has 11 heteroatoms. The molecule has 2 amide bonds. The van der Waals surface area contributed by atoms with Gasteiger partial charge >= 0.3 is 12.2 Å². The molecule has 2 aliphatic heterocycles. The van der Waals surface area contributed by atoms with Crippen molar-refractivity contribution in [1.82, 2.24) is 29.7 Å². The number of carbonyl (C=O) groups excluding carboxylic acids is 1. The van der Waals surface area contributed by atoms with Crippen LogP contribution in [0.1, 0.15) is 70.2 Å². The molecule has 3 N–H and O–H groups in total. The van der Waals surface area contributed by atoms with Crippen LogP contribution in [0.3, 0.4) is 0 Å². The van der Waals surface area contributed by atoms with E-state index >= 15 is 0 Å². The Labute approximate surface area is 259 Å². The van der Waals surface area contributed by atoms with Gasteiger partial charge < -0.3 is 19.8 Å². The fraction of sp³-hybridized carbons (Fsp3) is 0.412. The van der Waals surface area contributed by atoms with Crippen molar-refractivity contribution in [3.8, 4) is 33.6 Å². The summed E-state index contributed by atoms with van der Waals surface area (Å²) >= 11 is 0. The van der Waals surface area contributed by atoms with Crippen molar-refractivity contribution >= 4 is 12.2 Å². The van der Waals surface area contributed by atoms with Crippen molar-refractivity contribution < 1.29 is 23.8 Å². The van der Waals surface area contributed by atoms with E-state index in [4.69, 9.17) is 4.74 Å². The van der Waals surface area contributed by atoms with Crippen LogP contribution < -0.4 is 0 Å². The van der Waals surface area contributed by atoms with E-state index in [0.717, 1.165) is 47.5 Å². The molecule has 232 valence electrons. The fourth-order valence-electron chi connectivity index (χ4n) is 7.29. The Kier molecular flexibility index (Phi) is 6.14. The maximum atomic E-state index is 14.9. The molecule has 8 rings (SSSR count). The molecule has 2 saturated carbocycles. The predicted octanol–water partition coefficient (Wildman–Crippen LogP) is 7.16. The normalized spacial score (nSPS) is 26.5. The van der Waals surface area contributed by atoms with Crippen molar-refractivity contribution in [2.45, 2.75) is 76.2 Å². The number of ether oxygens (including phenoxy) is 1. The number of halogens is 1. The first-order chi connectivity index (χ1) is 21.5. The van der Waals surface area contributed by atoms with Gasteiger partial charge in [0.1, 0.15) is 22.9 Å². The molecule has 6 unspecified atom stereocenters. The minimum Gasteiger partial charge on any atom is -0.465 e. The Morgan fingerprint density at radius 2 is 1.38 bits per heavy atom. The van der Waals surface area contributed by atoms with Gasteiger partial charge in [-0.1, -0.05) is 48.5 Å². The summed E-state index contributed by atoms with van der Waals surface area (Å²) in [5.74, 6) is 1.43. The summed E-state index contributed by atoms with van der Waals surface area (Å²) in [6.45, 7) is 5.65. The van der Waals surface area contributed by atoms with Crippen molar-refractivity contribution in [3.05, 3.63) is 72.3 Å². The van der Waals surface area contributed by atoms with Crippen molar-refractivity contribution in [2.75, 3.05) is 0 Å². The number of hydrogen-bond acceptors (Lipinski definition) is 5. The Balaban J connectivity index is 0.964. The third-order valence-electron chi connectivity index (χ3n) is 9.63. The Morgan fingerprint density at radius 1 is 0.822 bits per heavy atom. The highest BCUT2D eigenvalue weighted by Crippen LogP contribution is 2.54. The number of H-pyrrole nitrogens is 2. The zero-order valence-corrected chi connectivity index (χ0v) is 25.3. The zero-order valence-electron chi connectivity index (χ0n) is 25.3. The lowest BCUT2D eigenvalue weighted by atomic mass is 10.0. The van der Waals surface area contributed by atoms with Crippen LogP contribution in [0.25, 0.3) is 33.6 Å². The molecule has 2 aromatic heterocycles. The number of piperidine rings is 2. The van der Waals surface area contributed by atoms with Gasteiger partial charge in [-0.2, -0.15) is 4.39 Å². The second-order valence-corrected chi connectivity index (χ2v) is 13.8. The summed E-state index contributed by atoms with van der Waals surface area (Å²) < 4.78 is 20.6. The summed E-state index contributed by atoms with van der Waals surface area (Å²) in [5.41, 5.74) is 4.09. The molecule has 0 bridgehead atoms. The number of rotatable bonds is 5. The topological polar surface area (TPSA) is 127 Å². The van der Waals surface area contributed by atoms with Crippen LogP contribution in [0.4, 0.5) is 14.0 Å². The van der Waals surface area contributed by atoms with E-state index < -0.39 is 23.7 Å². The summed E-state index contributed by atoms with van der Waals surface area (Å²) in [6.07, 6.45) is 4.00. The molecule has 4 aliphatic rings. The SMILES string of the molecule is CC(C)(C)OC(=O)N1C(c2ncc(-c3ccc(-c4ccc(-c5nc(C6CC7CC7N6C(=O)O)[nH]c5F)cc4)cc3)[nH]2)CC2CC21. The molecule has 6 atom stereocenters. The van der Waals surface area contributed by atoms with E-state index in [1.165, 1.54) is 4.90 Å². The van der Waals surface area contributed by atoms with Gasteiger partial charge in [-0.05, 0) is 75.0 Å². The lowest BCUT2D eigenvalue weighted by Crippen LogP contribution is -2.38. The third kappa shape index (κ3) is 4.94. The van der Waals surface area contributed by atoms with Crippen LogP contribution in [-0.2, 0) is 4.74 Å². The first-order valence-corrected chi connectivity index (χ1v) is 15.6. The van der Waals surface area contributed by atoms with Crippen LogP contribution in [0.2, 0.25) is 0 Å². The highest BCUT2D eigenvalue weighted by molar-refractivity contribution is 5.73. The number of amides is 2. The summed E-state index contributed by atoms with van der Waals surface area (Å²) in [7, 11) is 0. The molecule has 2 aromatic carbocycles. The fourth-order valence-corrected chi connectivity index (χ4v) is 7.29. The van der Waals surface area contributed by atoms with Crippen molar-refractivity contribution in [2.24, 2.45) is 11.8 Å². The average Bonchev–Trinajstić information content (AvgIpc) is 3.64. The molecule has 4 fully saturated rings. The number of hydrogen-bond donors (Lipinski definition) is 3. The van der Waals surface area contributed by atoms with Crippen LogP contribution in [0.5, 0.6) is 0 Å². The lowest BCUT2D eigenvalue weighted by molar-refractivity contribution is 0.0175. The second-order valence-electron chi connectivity index (χ2n) is 13.8. The number of carbonyl (C=O) groups is 2. The Bertz CT molecular complexity index is 1790. The standard InChI is InChI=1S/C34H35FN6O4/c1-34(2,3)45-33(44)41-25-13-22(25)14-26(41)30-36-16-23(37-30)19-8-4-17(5-9-19)18-6-10-20(11-7-18)28-29(35)39-31(38-28)27-15-21-12-24(21)40(27)32(42)43/h4-11,16,21-22,24-27H,12-15H2,1-3H3,(H,36,37)(H,38,39)(H,42,43). The smallest absolute Gasteiger partial charge is 0.411 e. The van der Waals surface area contributed by atoms with Crippen LogP contribution in [0.15, 0.2) is 54.7 Å². The maximum absolute atomic E-state index is 14.9. The first kappa shape index (κ1) is 27.8. The maximum Gasteiger partial charge on any atom is 0.411 e. The van der Waals surface area contributed by atoms with Gasteiger partial charge in [0, 0.05) is 17.6 Å². The number of benzene rings is 2. The highest BCUT2D eigenvalue weighted by atomic mass is 19.1. The number of imidazole rings is 2. The van der Waals surface area contributed by atoms with E-state index in [-0.39, 0.29) is 29.9 Å². The average molecular weight is 611 g/mol. The minimum atomic E-state index is -0.985. The van der Waals surface area contributed by atoms with E-state index in [1.54, 1.807) is 0 Å². The molecular weight excluding hydrogens is 575 g/mol. The van der Waals surface area contributed by atoms with E-state index in [9.17, 15) is 19.1 Å². The largest absolute Gasteiger partial charge is 0.465 e. The van der Waals surface area contributed by atoms with Gasteiger partial charge in [0.05, 0.1) is 24.0 Å². The van der Waals surface area contributed by atoms with Gasteiger partial charge in [0.25, 0.3) is 0 Å². The van der Waals surface area contributed by atoms with Crippen LogP contribution >= 0.6 is 0 Å². The number of likely N-dealkylation sites (tertiary alicyclic amines) is 2. The molecule has 0 spiro atoms. The third-order valence-corrected chi connectivity index (χ3v) is 9.63. The molecule has 2 aliphatic carbocycles. The van der Waals surface area contributed by atoms with E-state index in [2.05, 4.69) is 19.9 Å². The lowest BCUT2D eigenvalue weighted by Gasteiger charge is -2.29. The number of nitrogens with zero attached hydrogens (tertiary/aromatic N) is 4. The first-order valence-electron chi connectivity index (χ1n) is 15.6. The summed E-state index contributed by atoms with van der Waals surface area (Å²) in [5, 5.41) is 9.64. The Morgan fingerprint density at radius 3 is 1.98 bits per heavy atom. The van der Waals surface area contributed by atoms with Crippen molar-refractivity contribution in [3.63, 3.8) is 0 Å². The highest BCUT2D eigenvalue weighted by Gasteiger charge is 2.57. The quantitative estimate of drug-likeness (QED) is 0.220. The Hall–Kier alpha value is -4.67. The molecular formula is C34H35FN6O4. The molecule has 10 nitrogen and oxygen atoms in total. The molecule has 4 heterocycles. The zero-order chi connectivity index (χ0) is 31.2. The summed E-state index contributed by atoms with van der Waals surface area (Å²) in [4.78, 5) is 43.3. The molecule has 0 radical (unpaired) electrons. The predicted molar refractivity (Wildman–Crippen MR) is 163 cm³/mol. The number of aromatic amines is 2. The second kappa shape index (κ2) is 9.92. The number of fused-ring (bicyclic) bond motifs is 2. The van der Waals surface area contributed by atoms with Gasteiger partial charge in [-0.25, -0.2) is 19.6 Å². The molecule has 4 aromatic rings. The number of carboxylic acid groups (broad SMARTS) is 1. The van der Waals surface area contributed by atoms with E-state index in [0.29, 0.717) is 29.6 Å². The number of aromatic nitrogens is 4. The van der Waals surface area contributed by atoms with Gasteiger partial charge in [-0.15, -0.1) is 0 Å². The van der Waals surface area contributed by atoms with E-state index in [1.807, 2.05) is 80.4 Å². The van der Waals surface area contributed by atoms with Gasteiger partial charge in [0.2, 0.25) is 5.95 Å². The summed E-state index contributed by atoms with van der Waals surface area (Å²) in [6, 6.07) is 15.3. The molecule has 45 heavy (non-hydrogen) atoms. The number of nitrogens with one attached hydrogen (secondary N) is 2. The van der Waals surface area contributed by atoms with Gasteiger partial charge in [-0.3, -0.25) is 9.80 Å². The van der Waals surface area contributed by atoms with Gasteiger partial charge in [0.15, 0.2) is 0 Å².